The van der Waals surface area contributed by atoms with Crippen molar-refractivity contribution in [2.75, 3.05) is 37.7 Å². The summed E-state index contributed by atoms with van der Waals surface area (Å²) in [6.45, 7) is 7.61. The third kappa shape index (κ3) is 4.46. The molecule has 2 saturated heterocycles. The number of ether oxygens (including phenoxy) is 2. The molecule has 2 fully saturated rings. The van der Waals surface area contributed by atoms with E-state index in [1.54, 1.807) is 6.07 Å². The second-order valence-electron chi connectivity index (χ2n) is 6.72. The van der Waals surface area contributed by atoms with E-state index in [0.29, 0.717) is 31.3 Å². The van der Waals surface area contributed by atoms with E-state index in [0.717, 1.165) is 51.0 Å². The number of hydrogen-bond donors (Lipinski definition) is 1. The highest BCUT2D eigenvalue weighted by molar-refractivity contribution is 5.92. The molecule has 1 aromatic heterocycles. The largest absolute Gasteiger partial charge is 0.356 e. The Bertz CT molecular complexity index is 592. The SMILES string of the molecule is CCCCCNC(=O)c1cc(N2CCC3(CC2)OCCO3)nc(C)n1. The van der Waals surface area contributed by atoms with Crippen LogP contribution in [0.15, 0.2) is 6.07 Å². The minimum absolute atomic E-state index is 0.126. The van der Waals surface area contributed by atoms with E-state index in [2.05, 4.69) is 27.1 Å². The van der Waals surface area contributed by atoms with Crippen molar-refractivity contribution in [3.63, 3.8) is 0 Å². The molecule has 0 aliphatic carbocycles. The van der Waals surface area contributed by atoms with Crippen LogP contribution in [0.3, 0.4) is 0 Å². The van der Waals surface area contributed by atoms with Crippen molar-refractivity contribution >= 4 is 11.7 Å². The Morgan fingerprint density at radius 3 is 2.64 bits per heavy atom. The van der Waals surface area contributed by atoms with Gasteiger partial charge in [-0.1, -0.05) is 19.8 Å². The van der Waals surface area contributed by atoms with Gasteiger partial charge < -0.3 is 19.7 Å². The zero-order valence-electron chi connectivity index (χ0n) is 15.2. The Hall–Kier alpha value is -1.73. The summed E-state index contributed by atoms with van der Waals surface area (Å²) in [4.78, 5) is 23.3. The third-order valence-corrected chi connectivity index (χ3v) is 4.79. The first-order chi connectivity index (χ1) is 12.1. The zero-order valence-corrected chi connectivity index (χ0v) is 15.2. The first-order valence-electron chi connectivity index (χ1n) is 9.29. The first kappa shape index (κ1) is 18.1. The molecule has 2 aliphatic rings. The molecule has 2 aliphatic heterocycles. The number of aromatic nitrogens is 2. The summed E-state index contributed by atoms with van der Waals surface area (Å²) in [5.41, 5.74) is 0.438. The predicted molar refractivity (Wildman–Crippen MR) is 94.7 cm³/mol. The van der Waals surface area contributed by atoms with E-state index >= 15 is 0 Å². The summed E-state index contributed by atoms with van der Waals surface area (Å²) < 4.78 is 11.5. The van der Waals surface area contributed by atoms with E-state index in [-0.39, 0.29) is 5.91 Å². The molecule has 1 aromatic rings. The molecular weight excluding hydrogens is 320 g/mol. The maximum absolute atomic E-state index is 12.3. The number of nitrogens with zero attached hydrogens (tertiary/aromatic N) is 3. The van der Waals surface area contributed by atoms with Crippen LogP contribution in [0.25, 0.3) is 0 Å². The van der Waals surface area contributed by atoms with Crippen LogP contribution in [0.2, 0.25) is 0 Å². The Balaban J connectivity index is 1.62. The van der Waals surface area contributed by atoms with E-state index in [4.69, 9.17) is 9.47 Å². The first-order valence-corrected chi connectivity index (χ1v) is 9.29. The maximum atomic E-state index is 12.3. The number of hydrogen-bond acceptors (Lipinski definition) is 6. The minimum atomic E-state index is -0.405. The molecule has 1 N–H and O–H groups in total. The molecule has 138 valence electrons. The summed E-state index contributed by atoms with van der Waals surface area (Å²) in [6, 6.07) is 1.79. The molecule has 3 heterocycles. The van der Waals surface area contributed by atoms with Crippen LogP contribution in [-0.2, 0) is 9.47 Å². The van der Waals surface area contributed by atoms with Gasteiger partial charge in [0, 0.05) is 38.5 Å². The van der Waals surface area contributed by atoms with Crippen LogP contribution in [0.4, 0.5) is 5.82 Å². The predicted octanol–water partition coefficient (Wildman–Crippen LogP) is 2.05. The molecule has 0 aromatic carbocycles. The van der Waals surface area contributed by atoms with Crippen molar-refractivity contribution in [2.24, 2.45) is 0 Å². The van der Waals surface area contributed by atoms with E-state index in [1.807, 2.05) is 6.92 Å². The number of aryl methyl sites for hydroxylation is 1. The molecule has 0 bridgehead atoms. The molecule has 3 rings (SSSR count). The smallest absolute Gasteiger partial charge is 0.270 e. The number of carbonyl (C=O) groups is 1. The molecule has 1 amide bonds. The van der Waals surface area contributed by atoms with Crippen molar-refractivity contribution in [3.05, 3.63) is 17.6 Å². The number of carbonyl (C=O) groups excluding carboxylic acids is 1. The van der Waals surface area contributed by atoms with Crippen LogP contribution in [0.1, 0.15) is 55.3 Å². The fourth-order valence-corrected chi connectivity index (χ4v) is 3.36. The lowest BCUT2D eigenvalue weighted by Crippen LogP contribution is -2.45. The second kappa shape index (κ2) is 8.10. The molecule has 7 nitrogen and oxygen atoms in total. The lowest BCUT2D eigenvalue weighted by atomic mass is 10.0. The molecule has 7 heteroatoms. The number of amides is 1. The Morgan fingerprint density at radius 2 is 1.96 bits per heavy atom. The van der Waals surface area contributed by atoms with Gasteiger partial charge in [0.05, 0.1) is 13.2 Å². The number of unbranched alkanes of at least 4 members (excludes halogenated alkanes) is 2. The fraction of sp³-hybridized carbons (Fsp3) is 0.722. The topological polar surface area (TPSA) is 76.6 Å². The van der Waals surface area contributed by atoms with Gasteiger partial charge >= 0.3 is 0 Å². The van der Waals surface area contributed by atoms with Gasteiger partial charge in [0.1, 0.15) is 17.3 Å². The summed E-state index contributed by atoms with van der Waals surface area (Å²) in [5.74, 6) is 0.889. The molecule has 25 heavy (non-hydrogen) atoms. The monoisotopic (exact) mass is 348 g/mol. The van der Waals surface area contributed by atoms with Gasteiger partial charge in [0.2, 0.25) is 0 Å². The Labute approximate surface area is 149 Å². The number of anilines is 1. The van der Waals surface area contributed by atoms with Gasteiger partial charge in [-0.2, -0.15) is 0 Å². The molecule has 0 atom stereocenters. The molecule has 0 unspecified atom stereocenters. The number of nitrogens with one attached hydrogen (secondary N) is 1. The van der Waals surface area contributed by atoms with Gasteiger partial charge in [-0.3, -0.25) is 4.79 Å². The summed E-state index contributed by atoms with van der Waals surface area (Å²) in [6.07, 6.45) is 4.88. The lowest BCUT2D eigenvalue weighted by Gasteiger charge is -2.38. The molecular formula is C18H28N4O3. The second-order valence-corrected chi connectivity index (χ2v) is 6.72. The molecule has 0 radical (unpaired) electrons. The van der Waals surface area contributed by atoms with Gasteiger partial charge in [-0.05, 0) is 13.3 Å². The van der Waals surface area contributed by atoms with Crippen molar-refractivity contribution in [1.29, 1.82) is 0 Å². The van der Waals surface area contributed by atoms with Crippen molar-refractivity contribution in [3.8, 4) is 0 Å². The van der Waals surface area contributed by atoms with Crippen LogP contribution in [0.5, 0.6) is 0 Å². The summed E-state index contributed by atoms with van der Waals surface area (Å²) >= 11 is 0. The quantitative estimate of drug-likeness (QED) is 0.793. The highest BCUT2D eigenvalue weighted by Crippen LogP contribution is 2.32. The van der Waals surface area contributed by atoms with Gasteiger partial charge in [0.25, 0.3) is 5.91 Å². The standard InChI is InChI=1S/C18H28N4O3/c1-3-4-5-8-19-17(23)15-13-16(21-14(2)20-15)22-9-6-18(7-10-22)24-11-12-25-18/h13H,3-12H2,1-2H3,(H,19,23). The Kier molecular flexibility index (Phi) is 5.86. The van der Waals surface area contributed by atoms with E-state index in [1.165, 1.54) is 0 Å². The highest BCUT2D eigenvalue weighted by Gasteiger charge is 2.40. The van der Waals surface area contributed by atoms with Crippen LogP contribution < -0.4 is 10.2 Å². The zero-order chi connectivity index (χ0) is 17.7. The summed E-state index contributed by atoms with van der Waals surface area (Å²) in [7, 11) is 0. The minimum Gasteiger partial charge on any atom is -0.356 e. The number of piperidine rings is 1. The number of rotatable bonds is 6. The van der Waals surface area contributed by atoms with Crippen LogP contribution in [-0.4, -0.2) is 54.5 Å². The van der Waals surface area contributed by atoms with Crippen molar-refractivity contribution < 1.29 is 14.3 Å². The van der Waals surface area contributed by atoms with Gasteiger partial charge in [-0.25, -0.2) is 9.97 Å². The average molecular weight is 348 g/mol. The van der Waals surface area contributed by atoms with Crippen molar-refractivity contribution in [2.45, 2.75) is 51.7 Å². The maximum Gasteiger partial charge on any atom is 0.270 e. The molecule has 0 saturated carbocycles. The van der Waals surface area contributed by atoms with E-state index < -0.39 is 5.79 Å². The fourth-order valence-electron chi connectivity index (χ4n) is 3.36. The Morgan fingerprint density at radius 1 is 1.24 bits per heavy atom. The highest BCUT2D eigenvalue weighted by atomic mass is 16.7. The summed E-state index contributed by atoms with van der Waals surface area (Å²) in [5, 5.41) is 2.94. The average Bonchev–Trinajstić information content (AvgIpc) is 3.06. The van der Waals surface area contributed by atoms with Crippen LogP contribution in [0, 0.1) is 6.92 Å². The van der Waals surface area contributed by atoms with Gasteiger partial charge in [-0.15, -0.1) is 0 Å². The molecule has 1 spiro atoms. The van der Waals surface area contributed by atoms with Crippen LogP contribution >= 0.6 is 0 Å². The normalized spacial score (nSPS) is 19.4. The van der Waals surface area contributed by atoms with Crippen molar-refractivity contribution in [1.82, 2.24) is 15.3 Å². The van der Waals surface area contributed by atoms with Gasteiger partial charge in [0.15, 0.2) is 5.79 Å². The third-order valence-electron chi connectivity index (χ3n) is 4.79. The van der Waals surface area contributed by atoms with E-state index in [9.17, 15) is 4.79 Å². The lowest BCUT2D eigenvalue weighted by molar-refractivity contribution is -0.169.